The zero-order valence-corrected chi connectivity index (χ0v) is 7.32. The highest BCUT2D eigenvalue weighted by Gasteiger charge is 1.94. The smallest absolute Gasteiger partial charge is 0.0947 e. The molecule has 0 aromatic carbocycles. The van der Waals surface area contributed by atoms with Crippen LogP contribution in [0, 0.1) is 0 Å². The molecule has 1 heterocycles. The van der Waals surface area contributed by atoms with Gasteiger partial charge in [-0.25, -0.2) is 4.98 Å². The normalized spacial score (nSPS) is 10.5. The summed E-state index contributed by atoms with van der Waals surface area (Å²) < 4.78 is 1.92. The van der Waals surface area contributed by atoms with Gasteiger partial charge in [0.1, 0.15) is 0 Å². The highest BCUT2D eigenvalue weighted by molar-refractivity contribution is 4.95. The van der Waals surface area contributed by atoms with Gasteiger partial charge in [-0.15, -0.1) is 0 Å². The van der Waals surface area contributed by atoms with Crippen LogP contribution in [0.5, 0.6) is 0 Å². The maximum atomic E-state index is 8.51. The molecule has 0 aliphatic heterocycles. The van der Waals surface area contributed by atoms with Gasteiger partial charge in [0.2, 0.25) is 0 Å². The van der Waals surface area contributed by atoms with Crippen molar-refractivity contribution < 1.29 is 5.11 Å². The van der Waals surface area contributed by atoms with Crippen LogP contribution in [0.15, 0.2) is 12.5 Å². The maximum Gasteiger partial charge on any atom is 0.0947 e. The molecule has 1 aromatic heterocycles. The zero-order valence-electron chi connectivity index (χ0n) is 7.32. The van der Waals surface area contributed by atoms with Crippen molar-refractivity contribution in [3.63, 3.8) is 0 Å². The van der Waals surface area contributed by atoms with E-state index >= 15 is 0 Å². The van der Waals surface area contributed by atoms with E-state index in [0.29, 0.717) is 0 Å². The molecule has 0 fully saturated rings. The molecule has 68 valence electrons. The standard InChI is InChI=1S/C8H15N3O/c1-11-6-8(10-7-11)5-9-3-2-4-12/h6-7,9,12H,2-5H2,1H3. The molecule has 0 radical (unpaired) electrons. The second-order valence-corrected chi connectivity index (χ2v) is 2.78. The van der Waals surface area contributed by atoms with E-state index < -0.39 is 0 Å². The average molecular weight is 169 g/mol. The Balaban J connectivity index is 2.15. The first-order valence-electron chi connectivity index (χ1n) is 4.11. The van der Waals surface area contributed by atoms with Crippen LogP contribution in [0.3, 0.4) is 0 Å². The van der Waals surface area contributed by atoms with Crippen molar-refractivity contribution in [3.8, 4) is 0 Å². The van der Waals surface area contributed by atoms with Crippen molar-refractivity contribution in [2.75, 3.05) is 13.2 Å². The molecule has 0 unspecified atom stereocenters. The molecule has 0 saturated carbocycles. The molecule has 0 spiro atoms. The number of nitrogens with zero attached hydrogens (tertiary/aromatic N) is 2. The zero-order chi connectivity index (χ0) is 8.81. The Hall–Kier alpha value is -0.870. The second-order valence-electron chi connectivity index (χ2n) is 2.78. The van der Waals surface area contributed by atoms with Gasteiger partial charge in [0.25, 0.3) is 0 Å². The van der Waals surface area contributed by atoms with Gasteiger partial charge in [0.05, 0.1) is 12.0 Å². The molecule has 0 aliphatic rings. The Morgan fingerprint density at radius 1 is 1.67 bits per heavy atom. The van der Waals surface area contributed by atoms with Crippen molar-refractivity contribution in [2.45, 2.75) is 13.0 Å². The average Bonchev–Trinajstić information content (AvgIpc) is 2.45. The predicted molar refractivity (Wildman–Crippen MR) is 46.6 cm³/mol. The van der Waals surface area contributed by atoms with E-state index in [9.17, 15) is 0 Å². The molecule has 4 heteroatoms. The molecule has 0 saturated heterocycles. The molecular weight excluding hydrogens is 154 g/mol. The lowest BCUT2D eigenvalue weighted by Gasteiger charge is -1.99. The SMILES string of the molecule is Cn1cnc(CNCCCO)c1. The predicted octanol–water partition coefficient (Wildman–Crippen LogP) is -0.108. The third-order valence-electron chi connectivity index (χ3n) is 1.58. The molecule has 2 N–H and O–H groups in total. The number of hydrogen-bond acceptors (Lipinski definition) is 3. The van der Waals surface area contributed by atoms with Crippen molar-refractivity contribution in [1.29, 1.82) is 0 Å². The first-order chi connectivity index (χ1) is 5.83. The topological polar surface area (TPSA) is 50.1 Å². The van der Waals surface area contributed by atoms with Gasteiger partial charge in [-0.3, -0.25) is 0 Å². The third kappa shape index (κ3) is 3.02. The van der Waals surface area contributed by atoms with Crippen LogP contribution in [-0.2, 0) is 13.6 Å². The number of aliphatic hydroxyl groups is 1. The van der Waals surface area contributed by atoms with Gasteiger partial charge in [-0.1, -0.05) is 0 Å². The lowest BCUT2D eigenvalue weighted by Crippen LogP contribution is -2.15. The summed E-state index contributed by atoms with van der Waals surface area (Å²) in [5, 5.41) is 11.7. The molecule has 0 aliphatic carbocycles. The van der Waals surface area contributed by atoms with Gasteiger partial charge < -0.3 is 15.0 Å². The Kier molecular flexibility index (Phi) is 3.76. The van der Waals surface area contributed by atoms with Crippen LogP contribution in [0.25, 0.3) is 0 Å². The van der Waals surface area contributed by atoms with E-state index in [1.807, 2.05) is 17.8 Å². The van der Waals surface area contributed by atoms with Crippen LogP contribution in [0.2, 0.25) is 0 Å². The summed E-state index contributed by atoms with van der Waals surface area (Å²) in [6.45, 7) is 1.86. The first-order valence-corrected chi connectivity index (χ1v) is 4.11. The largest absolute Gasteiger partial charge is 0.396 e. The quantitative estimate of drug-likeness (QED) is 0.605. The number of imidazole rings is 1. The minimum Gasteiger partial charge on any atom is -0.396 e. The highest BCUT2D eigenvalue weighted by atomic mass is 16.3. The van der Waals surface area contributed by atoms with Crippen LogP contribution < -0.4 is 5.32 Å². The molecule has 0 bridgehead atoms. The molecule has 12 heavy (non-hydrogen) atoms. The minimum absolute atomic E-state index is 0.245. The van der Waals surface area contributed by atoms with Crippen LogP contribution >= 0.6 is 0 Å². The van der Waals surface area contributed by atoms with Gasteiger partial charge in [0.15, 0.2) is 0 Å². The number of aromatic nitrogens is 2. The van der Waals surface area contributed by atoms with E-state index in [4.69, 9.17) is 5.11 Å². The number of aryl methyl sites for hydroxylation is 1. The Morgan fingerprint density at radius 3 is 3.08 bits per heavy atom. The molecule has 1 aromatic rings. The first kappa shape index (κ1) is 9.22. The van der Waals surface area contributed by atoms with Crippen LogP contribution in [0.4, 0.5) is 0 Å². The third-order valence-corrected chi connectivity index (χ3v) is 1.58. The maximum absolute atomic E-state index is 8.51. The van der Waals surface area contributed by atoms with Gasteiger partial charge in [-0.2, -0.15) is 0 Å². The monoisotopic (exact) mass is 169 g/mol. The molecule has 1 rings (SSSR count). The number of nitrogens with one attached hydrogen (secondary N) is 1. The summed E-state index contributed by atoms with van der Waals surface area (Å²) in [7, 11) is 1.95. The van der Waals surface area contributed by atoms with Crippen LogP contribution in [-0.4, -0.2) is 27.8 Å². The number of hydrogen-bond donors (Lipinski definition) is 2. The summed E-state index contributed by atoms with van der Waals surface area (Å²) in [4.78, 5) is 4.15. The fraction of sp³-hybridized carbons (Fsp3) is 0.625. The van der Waals surface area contributed by atoms with E-state index in [0.717, 1.165) is 25.2 Å². The highest BCUT2D eigenvalue weighted by Crippen LogP contribution is 1.92. The fourth-order valence-corrected chi connectivity index (χ4v) is 0.979. The van der Waals surface area contributed by atoms with Crippen molar-refractivity contribution in [3.05, 3.63) is 18.2 Å². The lowest BCUT2D eigenvalue weighted by atomic mass is 10.4. The van der Waals surface area contributed by atoms with Crippen molar-refractivity contribution >= 4 is 0 Å². The summed E-state index contributed by atoms with van der Waals surface area (Å²) in [6.07, 6.45) is 4.56. The molecular formula is C8H15N3O. The number of rotatable bonds is 5. The summed E-state index contributed by atoms with van der Waals surface area (Å²) in [5.74, 6) is 0. The van der Waals surface area contributed by atoms with Gasteiger partial charge in [0, 0.05) is 26.4 Å². The van der Waals surface area contributed by atoms with Crippen molar-refractivity contribution in [2.24, 2.45) is 7.05 Å². The Morgan fingerprint density at radius 2 is 2.50 bits per heavy atom. The Bertz CT molecular complexity index is 222. The van der Waals surface area contributed by atoms with E-state index in [1.54, 1.807) is 6.33 Å². The second kappa shape index (κ2) is 4.90. The van der Waals surface area contributed by atoms with Gasteiger partial charge >= 0.3 is 0 Å². The van der Waals surface area contributed by atoms with E-state index in [2.05, 4.69) is 10.3 Å². The number of aliphatic hydroxyl groups excluding tert-OH is 1. The fourth-order valence-electron chi connectivity index (χ4n) is 0.979. The molecule has 0 atom stereocenters. The summed E-state index contributed by atoms with van der Waals surface area (Å²) in [5.41, 5.74) is 1.04. The molecule has 0 amide bonds. The lowest BCUT2D eigenvalue weighted by molar-refractivity contribution is 0.286. The molecule has 4 nitrogen and oxygen atoms in total. The van der Waals surface area contributed by atoms with Crippen LogP contribution in [0.1, 0.15) is 12.1 Å². The van der Waals surface area contributed by atoms with Crippen molar-refractivity contribution in [1.82, 2.24) is 14.9 Å². The summed E-state index contributed by atoms with van der Waals surface area (Å²) in [6, 6.07) is 0. The Labute approximate surface area is 72.2 Å². The minimum atomic E-state index is 0.245. The summed E-state index contributed by atoms with van der Waals surface area (Å²) >= 11 is 0. The van der Waals surface area contributed by atoms with E-state index in [1.165, 1.54) is 0 Å². The van der Waals surface area contributed by atoms with E-state index in [-0.39, 0.29) is 6.61 Å². The van der Waals surface area contributed by atoms with Gasteiger partial charge in [-0.05, 0) is 13.0 Å².